The van der Waals surface area contributed by atoms with Gasteiger partial charge < -0.3 is 5.32 Å². The molecule has 0 fully saturated rings. The lowest BCUT2D eigenvalue weighted by Crippen LogP contribution is -2.15. The summed E-state index contributed by atoms with van der Waals surface area (Å²) in [4.78, 5) is 28.1. The second-order valence-electron chi connectivity index (χ2n) is 5.83. The van der Waals surface area contributed by atoms with E-state index < -0.39 is 10.8 Å². The third-order valence-electron chi connectivity index (χ3n) is 4.15. The number of pyridine rings is 1. The number of para-hydroxylation sites is 1. The fourth-order valence-electron chi connectivity index (χ4n) is 2.91. The van der Waals surface area contributed by atoms with Crippen molar-refractivity contribution < 1.29 is 9.72 Å². The molecule has 0 bridgehead atoms. The number of rotatable bonds is 4. The average Bonchev–Trinajstić information content (AvgIpc) is 3.07. The SMILES string of the molecule is O=C(Nc1c(-c2ccccc2)nc2ccccn12)c1ccccc1[N+](=O)[O-]. The number of anilines is 1. The lowest BCUT2D eigenvalue weighted by molar-refractivity contribution is -0.385. The Morgan fingerprint density at radius 1 is 0.963 bits per heavy atom. The molecule has 2 aromatic carbocycles. The first-order valence-electron chi connectivity index (χ1n) is 8.22. The van der Waals surface area contributed by atoms with Crippen LogP contribution in [0.4, 0.5) is 11.5 Å². The summed E-state index contributed by atoms with van der Waals surface area (Å²) in [5.41, 5.74) is 1.83. The minimum Gasteiger partial charge on any atom is -0.306 e. The van der Waals surface area contributed by atoms with Gasteiger partial charge in [0.15, 0.2) is 0 Å². The molecule has 2 heterocycles. The van der Waals surface area contributed by atoms with Crippen LogP contribution in [0.15, 0.2) is 79.0 Å². The number of amides is 1. The maximum atomic E-state index is 12.8. The highest BCUT2D eigenvalue weighted by molar-refractivity contribution is 6.08. The molecule has 4 rings (SSSR count). The lowest BCUT2D eigenvalue weighted by atomic mass is 10.1. The van der Waals surface area contributed by atoms with Crippen LogP contribution in [0.2, 0.25) is 0 Å². The molecule has 0 unspecified atom stereocenters. The maximum Gasteiger partial charge on any atom is 0.282 e. The number of carbonyl (C=O) groups excluding carboxylic acids is 1. The van der Waals surface area contributed by atoms with Crippen molar-refractivity contribution in [1.82, 2.24) is 9.38 Å². The van der Waals surface area contributed by atoms with Gasteiger partial charge in [0.2, 0.25) is 0 Å². The van der Waals surface area contributed by atoms with Crippen LogP contribution in [0.3, 0.4) is 0 Å². The van der Waals surface area contributed by atoms with Crippen molar-refractivity contribution >= 4 is 23.1 Å². The number of aromatic nitrogens is 2. The predicted molar refractivity (Wildman–Crippen MR) is 102 cm³/mol. The number of fused-ring (bicyclic) bond motifs is 1. The van der Waals surface area contributed by atoms with E-state index in [9.17, 15) is 14.9 Å². The van der Waals surface area contributed by atoms with E-state index in [4.69, 9.17) is 0 Å². The number of imidazole rings is 1. The fourth-order valence-corrected chi connectivity index (χ4v) is 2.91. The lowest BCUT2D eigenvalue weighted by Gasteiger charge is -2.08. The highest BCUT2D eigenvalue weighted by Gasteiger charge is 2.22. The summed E-state index contributed by atoms with van der Waals surface area (Å²) < 4.78 is 1.75. The largest absolute Gasteiger partial charge is 0.306 e. The van der Waals surface area contributed by atoms with Crippen molar-refractivity contribution in [3.05, 3.63) is 94.7 Å². The summed E-state index contributed by atoms with van der Waals surface area (Å²) in [7, 11) is 0. The van der Waals surface area contributed by atoms with Crippen LogP contribution in [-0.2, 0) is 0 Å². The third-order valence-corrected chi connectivity index (χ3v) is 4.15. The quantitative estimate of drug-likeness (QED) is 0.438. The summed E-state index contributed by atoms with van der Waals surface area (Å²) in [5, 5.41) is 14.0. The Morgan fingerprint density at radius 3 is 2.44 bits per heavy atom. The second kappa shape index (κ2) is 6.72. The first-order valence-corrected chi connectivity index (χ1v) is 8.22. The van der Waals surface area contributed by atoms with Crippen molar-refractivity contribution in [3.63, 3.8) is 0 Å². The van der Waals surface area contributed by atoms with Gasteiger partial charge in [-0.15, -0.1) is 0 Å². The standard InChI is InChI=1S/C20H14N4O3/c25-20(15-10-4-5-11-16(15)24(26)27)22-19-18(14-8-2-1-3-9-14)21-17-12-6-7-13-23(17)19/h1-13H,(H,22,25). The molecule has 2 aromatic heterocycles. The van der Waals surface area contributed by atoms with Crippen LogP contribution in [0.5, 0.6) is 0 Å². The zero-order valence-electron chi connectivity index (χ0n) is 14.1. The zero-order chi connectivity index (χ0) is 18.8. The Hall–Kier alpha value is -4.00. The monoisotopic (exact) mass is 358 g/mol. The van der Waals surface area contributed by atoms with Gasteiger partial charge in [-0.2, -0.15) is 0 Å². The summed E-state index contributed by atoms with van der Waals surface area (Å²) in [6.45, 7) is 0. The maximum absolute atomic E-state index is 12.8. The van der Waals surface area contributed by atoms with Gasteiger partial charge in [0, 0.05) is 17.8 Å². The van der Waals surface area contributed by atoms with Crippen molar-refractivity contribution in [2.45, 2.75) is 0 Å². The fraction of sp³-hybridized carbons (Fsp3) is 0. The van der Waals surface area contributed by atoms with Crippen LogP contribution in [0.25, 0.3) is 16.9 Å². The molecule has 0 spiro atoms. The molecular weight excluding hydrogens is 344 g/mol. The van der Waals surface area contributed by atoms with Crippen molar-refractivity contribution in [2.24, 2.45) is 0 Å². The van der Waals surface area contributed by atoms with E-state index in [1.165, 1.54) is 18.2 Å². The number of benzene rings is 2. The molecule has 27 heavy (non-hydrogen) atoms. The number of nitrogens with zero attached hydrogens (tertiary/aromatic N) is 3. The highest BCUT2D eigenvalue weighted by Crippen LogP contribution is 2.29. The van der Waals surface area contributed by atoms with E-state index in [1.807, 2.05) is 48.5 Å². The molecule has 7 heteroatoms. The van der Waals surface area contributed by atoms with E-state index >= 15 is 0 Å². The van der Waals surface area contributed by atoms with Crippen molar-refractivity contribution in [2.75, 3.05) is 5.32 Å². The van der Waals surface area contributed by atoms with Crippen molar-refractivity contribution in [1.29, 1.82) is 0 Å². The number of nitrogens with one attached hydrogen (secondary N) is 1. The smallest absolute Gasteiger partial charge is 0.282 e. The number of nitro benzene ring substituents is 1. The van der Waals surface area contributed by atoms with Gasteiger partial charge in [-0.1, -0.05) is 48.5 Å². The molecule has 0 atom stereocenters. The summed E-state index contributed by atoms with van der Waals surface area (Å²) >= 11 is 0. The number of hydrogen-bond acceptors (Lipinski definition) is 4. The molecule has 0 radical (unpaired) electrons. The Kier molecular flexibility index (Phi) is 4.10. The zero-order valence-corrected chi connectivity index (χ0v) is 14.1. The Labute approximate surface area is 154 Å². The van der Waals surface area contributed by atoms with Gasteiger partial charge in [0.05, 0.1) is 4.92 Å². The van der Waals surface area contributed by atoms with Gasteiger partial charge in [-0.05, 0) is 18.2 Å². The molecule has 0 aliphatic heterocycles. The van der Waals surface area contributed by atoms with E-state index in [2.05, 4.69) is 10.3 Å². The summed E-state index contributed by atoms with van der Waals surface area (Å²) in [5.74, 6) is -0.106. The predicted octanol–water partition coefficient (Wildman–Crippen LogP) is 4.16. The Bertz CT molecular complexity index is 1150. The highest BCUT2D eigenvalue weighted by atomic mass is 16.6. The van der Waals surface area contributed by atoms with Crippen LogP contribution in [0, 0.1) is 10.1 Å². The molecule has 4 aromatic rings. The molecule has 1 amide bonds. The van der Waals surface area contributed by atoms with Crippen LogP contribution in [0.1, 0.15) is 10.4 Å². The molecule has 0 aliphatic rings. The molecule has 7 nitrogen and oxygen atoms in total. The van der Waals surface area contributed by atoms with Gasteiger partial charge >= 0.3 is 0 Å². The summed E-state index contributed by atoms with van der Waals surface area (Å²) in [6, 6.07) is 20.8. The van der Waals surface area contributed by atoms with Crippen LogP contribution >= 0.6 is 0 Å². The van der Waals surface area contributed by atoms with E-state index in [0.717, 1.165) is 5.56 Å². The van der Waals surface area contributed by atoms with E-state index in [1.54, 1.807) is 16.7 Å². The minimum absolute atomic E-state index is 0.00704. The molecule has 1 N–H and O–H groups in total. The van der Waals surface area contributed by atoms with Gasteiger partial charge in [-0.3, -0.25) is 19.3 Å². The van der Waals surface area contributed by atoms with Crippen molar-refractivity contribution in [3.8, 4) is 11.3 Å². The second-order valence-corrected chi connectivity index (χ2v) is 5.83. The molecule has 132 valence electrons. The number of hydrogen-bond donors (Lipinski definition) is 1. The van der Waals surface area contributed by atoms with Gasteiger partial charge in [-0.25, -0.2) is 4.98 Å². The molecule has 0 saturated heterocycles. The number of carbonyl (C=O) groups is 1. The average molecular weight is 358 g/mol. The molecule has 0 saturated carbocycles. The van der Waals surface area contributed by atoms with Crippen LogP contribution in [-0.4, -0.2) is 20.2 Å². The topological polar surface area (TPSA) is 89.5 Å². The molecular formula is C20H14N4O3. The first-order chi connectivity index (χ1) is 13.1. The van der Waals surface area contributed by atoms with E-state index in [0.29, 0.717) is 17.2 Å². The Balaban J connectivity index is 1.83. The molecule has 0 aliphatic carbocycles. The minimum atomic E-state index is -0.568. The van der Waals surface area contributed by atoms with Gasteiger partial charge in [0.25, 0.3) is 11.6 Å². The first kappa shape index (κ1) is 16.5. The third kappa shape index (κ3) is 3.02. The summed E-state index contributed by atoms with van der Waals surface area (Å²) in [6.07, 6.45) is 1.78. The number of nitro groups is 1. The van der Waals surface area contributed by atoms with E-state index in [-0.39, 0.29) is 11.3 Å². The van der Waals surface area contributed by atoms with Gasteiger partial charge in [0.1, 0.15) is 22.7 Å². The Morgan fingerprint density at radius 2 is 1.67 bits per heavy atom. The normalized spacial score (nSPS) is 10.7. The van der Waals surface area contributed by atoms with Crippen LogP contribution < -0.4 is 5.32 Å².